The minimum Gasteiger partial charge on any atom is -0.475 e. The molecule has 0 spiro atoms. The highest BCUT2D eigenvalue weighted by molar-refractivity contribution is 5.81. The van der Waals surface area contributed by atoms with Crippen LogP contribution in [0.15, 0.2) is 4.99 Å². The zero-order valence-electron chi connectivity index (χ0n) is 8.48. The highest BCUT2D eigenvalue weighted by Gasteiger charge is 2.39. The summed E-state index contributed by atoms with van der Waals surface area (Å²) in [7, 11) is 0. The van der Waals surface area contributed by atoms with Gasteiger partial charge in [-0.25, -0.2) is 4.99 Å². The van der Waals surface area contributed by atoms with Crippen LogP contribution in [0, 0.1) is 5.92 Å². The van der Waals surface area contributed by atoms with Crippen LogP contribution < -0.4 is 5.73 Å². The van der Waals surface area contributed by atoms with Gasteiger partial charge in [0.05, 0.1) is 6.04 Å². The van der Waals surface area contributed by atoms with Gasteiger partial charge in [-0.05, 0) is 32.1 Å². The summed E-state index contributed by atoms with van der Waals surface area (Å²) in [6, 6.07) is 0.735. The van der Waals surface area contributed by atoms with Crippen molar-refractivity contribution in [2.24, 2.45) is 16.6 Å². The monoisotopic (exact) mass is 194 g/mol. The number of aliphatic imine (C=N–C) groups is 1. The maximum atomic E-state index is 5.93. The molecule has 0 saturated heterocycles. The Bertz CT molecular complexity index is 260. The Balaban J connectivity index is 1.69. The molecule has 2 fully saturated rings. The topological polar surface area (TPSA) is 47.6 Å². The largest absolute Gasteiger partial charge is 0.475 e. The fraction of sp³-hybridized carbons (Fsp3) is 0.909. The first kappa shape index (κ1) is 8.72. The summed E-state index contributed by atoms with van der Waals surface area (Å²) >= 11 is 0. The molecule has 3 heteroatoms. The molecule has 3 nitrogen and oxygen atoms in total. The third-order valence-corrected chi connectivity index (χ3v) is 3.81. The van der Waals surface area contributed by atoms with E-state index in [0.29, 0.717) is 24.1 Å². The number of nitrogens with two attached hydrogens (primary N) is 1. The second-order valence-electron chi connectivity index (χ2n) is 4.89. The molecule has 2 saturated carbocycles. The van der Waals surface area contributed by atoms with E-state index < -0.39 is 0 Å². The maximum absolute atomic E-state index is 5.93. The van der Waals surface area contributed by atoms with Gasteiger partial charge in [0.25, 0.3) is 0 Å². The second-order valence-corrected chi connectivity index (χ2v) is 4.89. The molecule has 0 bridgehead atoms. The molecule has 3 unspecified atom stereocenters. The minimum atomic E-state index is 0.351. The predicted octanol–water partition coefficient (Wildman–Crippen LogP) is 1.46. The van der Waals surface area contributed by atoms with Crippen molar-refractivity contribution in [1.82, 2.24) is 0 Å². The molecule has 0 radical (unpaired) electrons. The molecule has 0 amide bonds. The van der Waals surface area contributed by atoms with Crippen molar-refractivity contribution in [1.29, 1.82) is 0 Å². The maximum Gasteiger partial charge on any atom is 0.187 e. The zero-order chi connectivity index (χ0) is 9.54. The first-order chi connectivity index (χ1) is 6.83. The minimum absolute atomic E-state index is 0.351. The standard InChI is InChI=1S/C11H18N2O/c12-8-4-5-10-9(6-8)13-11(14-10)7-2-1-3-7/h7-10H,1-6,12H2. The van der Waals surface area contributed by atoms with Crippen LogP contribution in [0.2, 0.25) is 0 Å². The lowest BCUT2D eigenvalue weighted by molar-refractivity contribution is 0.131. The average Bonchev–Trinajstić information content (AvgIpc) is 2.43. The molecule has 14 heavy (non-hydrogen) atoms. The van der Waals surface area contributed by atoms with Gasteiger partial charge in [0.2, 0.25) is 0 Å². The van der Waals surface area contributed by atoms with Gasteiger partial charge in [-0.15, -0.1) is 0 Å². The Hall–Kier alpha value is -0.570. The molecule has 1 heterocycles. The van der Waals surface area contributed by atoms with Crippen molar-refractivity contribution < 1.29 is 4.74 Å². The summed E-state index contributed by atoms with van der Waals surface area (Å²) in [6.45, 7) is 0. The highest BCUT2D eigenvalue weighted by Crippen LogP contribution is 2.35. The quantitative estimate of drug-likeness (QED) is 0.687. The zero-order valence-corrected chi connectivity index (χ0v) is 8.48. The number of hydrogen-bond donors (Lipinski definition) is 1. The van der Waals surface area contributed by atoms with Crippen molar-refractivity contribution >= 4 is 5.90 Å². The molecule has 1 aliphatic heterocycles. The third-order valence-electron chi connectivity index (χ3n) is 3.81. The van der Waals surface area contributed by atoms with Gasteiger partial charge in [-0.3, -0.25) is 0 Å². The molecule has 2 N–H and O–H groups in total. The van der Waals surface area contributed by atoms with E-state index in [0.717, 1.165) is 25.2 Å². The molecule has 78 valence electrons. The third kappa shape index (κ3) is 1.34. The van der Waals surface area contributed by atoms with Crippen molar-refractivity contribution in [2.45, 2.75) is 56.7 Å². The SMILES string of the molecule is NC1CCC2OC(C3CCC3)=NC2C1. The number of rotatable bonds is 1. The van der Waals surface area contributed by atoms with Crippen LogP contribution in [0.5, 0.6) is 0 Å². The van der Waals surface area contributed by atoms with Crippen LogP contribution in [-0.2, 0) is 4.74 Å². The molecule has 0 aromatic heterocycles. The Kier molecular flexibility index (Phi) is 2.01. The Morgan fingerprint density at radius 1 is 1.21 bits per heavy atom. The smallest absolute Gasteiger partial charge is 0.187 e. The van der Waals surface area contributed by atoms with E-state index in [1.807, 2.05) is 0 Å². The molecule has 0 aromatic carbocycles. The van der Waals surface area contributed by atoms with E-state index in [2.05, 4.69) is 0 Å². The first-order valence-electron chi connectivity index (χ1n) is 5.83. The summed E-state index contributed by atoms with van der Waals surface area (Å²) in [5, 5.41) is 0. The number of hydrogen-bond acceptors (Lipinski definition) is 3. The summed E-state index contributed by atoms with van der Waals surface area (Å²) in [5.74, 6) is 1.71. The summed E-state index contributed by atoms with van der Waals surface area (Å²) in [6.07, 6.45) is 7.52. The van der Waals surface area contributed by atoms with Crippen molar-refractivity contribution in [3.63, 3.8) is 0 Å². The van der Waals surface area contributed by atoms with Crippen molar-refractivity contribution in [2.75, 3.05) is 0 Å². The molecular formula is C11H18N2O. The average molecular weight is 194 g/mol. The lowest BCUT2D eigenvalue weighted by Crippen LogP contribution is -2.37. The summed E-state index contributed by atoms with van der Waals surface area (Å²) in [4.78, 5) is 4.70. The fourth-order valence-electron chi connectivity index (χ4n) is 2.63. The van der Waals surface area contributed by atoms with Gasteiger partial charge < -0.3 is 10.5 Å². The molecule has 3 atom stereocenters. The van der Waals surface area contributed by atoms with E-state index >= 15 is 0 Å². The predicted molar refractivity (Wildman–Crippen MR) is 55.3 cm³/mol. The van der Waals surface area contributed by atoms with E-state index in [9.17, 15) is 0 Å². The van der Waals surface area contributed by atoms with Crippen LogP contribution in [0.1, 0.15) is 38.5 Å². The van der Waals surface area contributed by atoms with Crippen molar-refractivity contribution in [3.05, 3.63) is 0 Å². The van der Waals surface area contributed by atoms with Gasteiger partial charge in [0.15, 0.2) is 5.90 Å². The lowest BCUT2D eigenvalue weighted by atomic mass is 9.85. The van der Waals surface area contributed by atoms with E-state index in [1.165, 1.54) is 19.3 Å². The van der Waals surface area contributed by atoms with Gasteiger partial charge in [-0.2, -0.15) is 0 Å². The number of ether oxygens (including phenoxy) is 1. The fourth-order valence-corrected chi connectivity index (χ4v) is 2.63. The summed E-state index contributed by atoms with van der Waals surface area (Å²) in [5.41, 5.74) is 5.93. The van der Waals surface area contributed by atoms with Gasteiger partial charge in [0.1, 0.15) is 6.10 Å². The van der Waals surface area contributed by atoms with Gasteiger partial charge in [0, 0.05) is 12.0 Å². The van der Waals surface area contributed by atoms with Gasteiger partial charge in [-0.1, -0.05) is 6.42 Å². The second kappa shape index (κ2) is 3.23. The molecule has 0 aromatic rings. The van der Waals surface area contributed by atoms with E-state index in [4.69, 9.17) is 15.5 Å². The van der Waals surface area contributed by atoms with Gasteiger partial charge >= 0.3 is 0 Å². The van der Waals surface area contributed by atoms with Crippen LogP contribution >= 0.6 is 0 Å². The van der Waals surface area contributed by atoms with Crippen LogP contribution in [-0.4, -0.2) is 24.1 Å². The normalized spacial score (nSPS) is 42.4. The highest BCUT2D eigenvalue weighted by atomic mass is 16.5. The Morgan fingerprint density at radius 3 is 2.79 bits per heavy atom. The summed E-state index contributed by atoms with van der Waals surface area (Å²) < 4.78 is 5.91. The number of nitrogens with zero attached hydrogens (tertiary/aromatic N) is 1. The van der Waals surface area contributed by atoms with Crippen molar-refractivity contribution in [3.8, 4) is 0 Å². The molecular weight excluding hydrogens is 176 g/mol. The van der Waals surface area contributed by atoms with Crippen LogP contribution in [0.25, 0.3) is 0 Å². The van der Waals surface area contributed by atoms with Crippen LogP contribution in [0.4, 0.5) is 0 Å². The molecule has 3 aliphatic rings. The van der Waals surface area contributed by atoms with E-state index in [-0.39, 0.29) is 0 Å². The Morgan fingerprint density at radius 2 is 2.07 bits per heavy atom. The molecule has 2 aliphatic carbocycles. The van der Waals surface area contributed by atoms with Crippen LogP contribution in [0.3, 0.4) is 0 Å². The first-order valence-corrected chi connectivity index (χ1v) is 5.83. The lowest BCUT2D eigenvalue weighted by Gasteiger charge is -2.28. The van der Waals surface area contributed by atoms with E-state index in [1.54, 1.807) is 0 Å². The molecule has 3 rings (SSSR count). The Labute approximate surface area is 84.7 Å². The number of fused-ring (bicyclic) bond motifs is 1.